The van der Waals surface area contributed by atoms with Crippen molar-refractivity contribution in [2.24, 2.45) is 0 Å². The van der Waals surface area contributed by atoms with Gasteiger partial charge in [-0.15, -0.1) is 0 Å². The predicted octanol–water partition coefficient (Wildman–Crippen LogP) is 2.16. The lowest BCUT2D eigenvalue weighted by molar-refractivity contribution is -0.115. The summed E-state index contributed by atoms with van der Waals surface area (Å²) in [7, 11) is 0. The highest BCUT2D eigenvalue weighted by molar-refractivity contribution is 7.99. The zero-order valence-corrected chi connectivity index (χ0v) is 7.93. The van der Waals surface area contributed by atoms with E-state index in [0.29, 0.717) is 18.0 Å². The van der Waals surface area contributed by atoms with Crippen molar-refractivity contribution in [1.82, 2.24) is 0 Å². The van der Waals surface area contributed by atoms with E-state index in [-0.39, 0.29) is 0 Å². The molecule has 0 heterocycles. The van der Waals surface area contributed by atoms with Crippen molar-refractivity contribution >= 4 is 17.5 Å². The number of Topliss-reactive ketones (excluding diaryl/α,β-unsaturated/α-hetero) is 1. The second-order valence-electron chi connectivity index (χ2n) is 2.63. The minimum Gasteiger partial charge on any atom is -0.298 e. The number of ketones is 1. The monoisotopic (exact) mass is 180 g/mol. The zero-order valence-electron chi connectivity index (χ0n) is 7.12. The Balaban J connectivity index is 2.47. The van der Waals surface area contributed by atoms with E-state index in [1.807, 2.05) is 36.6 Å². The second kappa shape index (κ2) is 4.99. The average molecular weight is 180 g/mol. The van der Waals surface area contributed by atoms with Gasteiger partial charge < -0.3 is 0 Å². The van der Waals surface area contributed by atoms with E-state index in [2.05, 4.69) is 0 Å². The Bertz CT molecular complexity index is 243. The fraction of sp³-hybridized carbons (Fsp3) is 0.300. The Morgan fingerprint density at radius 2 is 2.00 bits per heavy atom. The van der Waals surface area contributed by atoms with Gasteiger partial charge in [0.15, 0.2) is 0 Å². The van der Waals surface area contributed by atoms with Gasteiger partial charge >= 0.3 is 0 Å². The minimum absolute atomic E-state index is 0.300. The molecule has 0 aromatic heterocycles. The smallest absolute Gasteiger partial charge is 0.147 e. The zero-order chi connectivity index (χ0) is 8.81. The standard InChI is InChI=1S/C10H12OS/c1-12-8-10(11)7-9-5-3-2-4-6-9/h2-6H,7-8H2,1H3. The van der Waals surface area contributed by atoms with Crippen LogP contribution in [0.3, 0.4) is 0 Å². The number of benzene rings is 1. The first-order valence-corrected chi connectivity index (χ1v) is 5.27. The number of hydrogen-bond donors (Lipinski definition) is 0. The SMILES string of the molecule is CSCC(=O)Cc1ccccc1. The summed E-state index contributed by atoms with van der Waals surface area (Å²) < 4.78 is 0. The van der Waals surface area contributed by atoms with Crippen LogP contribution in [0.15, 0.2) is 30.3 Å². The maximum atomic E-state index is 11.2. The third-order valence-electron chi connectivity index (χ3n) is 1.55. The van der Waals surface area contributed by atoms with E-state index >= 15 is 0 Å². The largest absolute Gasteiger partial charge is 0.298 e. The lowest BCUT2D eigenvalue weighted by Gasteiger charge is -1.97. The highest BCUT2D eigenvalue weighted by atomic mass is 32.2. The molecule has 0 N–H and O–H groups in total. The quantitative estimate of drug-likeness (QED) is 0.706. The van der Waals surface area contributed by atoms with Crippen LogP contribution < -0.4 is 0 Å². The molecule has 0 spiro atoms. The van der Waals surface area contributed by atoms with Gasteiger partial charge in [-0.05, 0) is 11.8 Å². The summed E-state index contributed by atoms with van der Waals surface area (Å²) in [5.41, 5.74) is 1.11. The van der Waals surface area contributed by atoms with E-state index in [9.17, 15) is 4.79 Å². The molecule has 64 valence electrons. The van der Waals surface area contributed by atoms with E-state index < -0.39 is 0 Å². The van der Waals surface area contributed by atoms with Crippen LogP contribution in [0, 0.1) is 0 Å². The van der Waals surface area contributed by atoms with Crippen LogP contribution in [0.2, 0.25) is 0 Å². The Hall–Kier alpha value is -0.760. The molecule has 0 atom stereocenters. The maximum absolute atomic E-state index is 11.2. The maximum Gasteiger partial charge on any atom is 0.147 e. The summed E-state index contributed by atoms with van der Waals surface area (Å²) in [5.74, 6) is 0.920. The minimum atomic E-state index is 0.300. The van der Waals surface area contributed by atoms with Gasteiger partial charge in [0.2, 0.25) is 0 Å². The van der Waals surface area contributed by atoms with Gasteiger partial charge in [0.1, 0.15) is 5.78 Å². The Morgan fingerprint density at radius 3 is 2.58 bits per heavy atom. The van der Waals surface area contributed by atoms with E-state index in [1.165, 1.54) is 0 Å². The molecular formula is C10H12OS. The van der Waals surface area contributed by atoms with Crippen LogP contribution >= 0.6 is 11.8 Å². The van der Waals surface area contributed by atoms with Crippen LogP contribution in [-0.4, -0.2) is 17.8 Å². The van der Waals surface area contributed by atoms with E-state index in [4.69, 9.17) is 0 Å². The van der Waals surface area contributed by atoms with Crippen LogP contribution in [0.5, 0.6) is 0 Å². The van der Waals surface area contributed by atoms with Gasteiger partial charge in [-0.25, -0.2) is 0 Å². The first kappa shape index (κ1) is 9.33. The van der Waals surface area contributed by atoms with Gasteiger partial charge in [-0.2, -0.15) is 11.8 Å². The van der Waals surface area contributed by atoms with Gasteiger partial charge in [0, 0.05) is 6.42 Å². The molecule has 0 saturated carbocycles. The molecule has 0 aliphatic rings. The Labute approximate surface area is 77.2 Å². The molecule has 0 saturated heterocycles. The molecule has 12 heavy (non-hydrogen) atoms. The molecule has 0 amide bonds. The van der Waals surface area contributed by atoms with Crippen molar-refractivity contribution in [1.29, 1.82) is 0 Å². The molecule has 0 bridgehead atoms. The predicted molar refractivity (Wildman–Crippen MR) is 53.5 cm³/mol. The fourth-order valence-corrected chi connectivity index (χ4v) is 1.46. The van der Waals surface area contributed by atoms with E-state index in [0.717, 1.165) is 5.56 Å². The fourth-order valence-electron chi connectivity index (χ4n) is 1.04. The summed E-state index contributed by atoms with van der Waals surface area (Å²) in [4.78, 5) is 11.2. The molecule has 0 radical (unpaired) electrons. The molecule has 1 nitrogen and oxygen atoms in total. The number of rotatable bonds is 4. The summed E-state index contributed by atoms with van der Waals surface area (Å²) >= 11 is 1.58. The molecule has 0 fully saturated rings. The molecule has 1 aromatic carbocycles. The second-order valence-corrected chi connectivity index (χ2v) is 3.50. The summed E-state index contributed by atoms with van der Waals surface area (Å²) in [5, 5.41) is 0. The summed E-state index contributed by atoms with van der Waals surface area (Å²) in [6.07, 6.45) is 2.52. The van der Waals surface area contributed by atoms with Crippen LogP contribution in [0.4, 0.5) is 0 Å². The molecular weight excluding hydrogens is 168 g/mol. The average Bonchev–Trinajstić information content (AvgIpc) is 2.06. The Morgan fingerprint density at radius 1 is 1.33 bits per heavy atom. The molecule has 0 unspecified atom stereocenters. The van der Waals surface area contributed by atoms with Gasteiger partial charge in [0.25, 0.3) is 0 Å². The summed E-state index contributed by atoms with van der Waals surface area (Å²) in [6, 6.07) is 9.85. The van der Waals surface area contributed by atoms with Crippen molar-refractivity contribution in [3.63, 3.8) is 0 Å². The highest BCUT2D eigenvalue weighted by Crippen LogP contribution is 2.02. The van der Waals surface area contributed by atoms with Crippen molar-refractivity contribution in [3.05, 3.63) is 35.9 Å². The highest BCUT2D eigenvalue weighted by Gasteiger charge is 2.00. The number of hydrogen-bond acceptors (Lipinski definition) is 2. The molecule has 0 aliphatic carbocycles. The van der Waals surface area contributed by atoms with Crippen molar-refractivity contribution in [3.8, 4) is 0 Å². The van der Waals surface area contributed by atoms with Crippen molar-refractivity contribution in [2.45, 2.75) is 6.42 Å². The van der Waals surface area contributed by atoms with Crippen LogP contribution in [0.1, 0.15) is 5.56 Å². The number of carbonyl (C=O) groups is 1. The van der Waals surface area contributed by atoms with Crippen LogP contribution in [0.25, 0.3) is 0 Å². The molecule has 0 aliphatic heterocycles. The first-order chi connectivity index (χ1) is 5.83. The lowest BCUT2D eigenvalue weighted by Crippen LogP contribution is -2.04. The number of carbonyl (C=O) groups excluding carboxylic acids is 1. The third kappa shape index (κ3) is 3.09. The van der Waals surface area contributed by atoms with Gasteiger partial charge in [-0.1, -0.05) is 30.3 Å². The topological polar surface area (TPSA) is 17.1 Å². The molecule has 1 aromatic rings. The molecule has 2 heteroatoms. The lowest BCUT2D eigenvalue weighted by atomic mass is 10.1. The third-order valence-corrected chi connectivity index (χ3v) is 2.16. The van der Waals surface area contributed by atoms with E-state index in [1.54, 1.807) is 11.8 Å². The molecule has 1 rings (SSSR count). The Kier molecular flexibility index (Phi) is 3.88. The van der Waals surface area contributed by atoms with Crippen molar-refractivity contribution < 1.29 is 4.79 Å². The number of thioether (sulfide) groups is 1. The van der Waals surface area contributed by atoms with Crippen molar-refractivity contribution in [2.75, 3.05) is 12.0 Å². The van der Waals surface area contributed by atoms with Gasteiger partial charge in [0.05, 0.1) is 5.75 Å². The normalized spacial score (nSPS) is 9.75. The van der Waals surface area contributed by atoms with Crippen LogP contribution in [-0.2, 0) is 11.2 Å². The van der Waals surface area contributed by atoms with Gasteiger partial charge in [-0.3, -0.25) is 4.79 Å². The first-order valence-electron chi connectivity index (χ1n) is 3.87. The summed E-state index contributed by atoms with van der Waals surface area (Å²) in [6.45, 7) is 0.